The topological polar surface area (TPSA) is 135 Å². The minimum Gasteiger partial charge on any atom is -0.475 e. The van der Waals surface area contributed by atoms with Gasteiger partial charge in [0.15, 0.2) is 0 Å². The third kappa shape index (κ3) is 5.31. The van der Waals surface area contributed by atoms with Crippen molar-refractivity contribution in [3.8, 4) is 17.1 Å². The largest absolute Gasteiger partial charge is 0.475 e. The number of carbonyl (C=O) groups is 1. The van der Waals surface area contributed by atoms with Crippen LogP contribution in [0.1, 0.15) is 23.0 Å². The fourth-order valence-electron chi connectivity index (χ4n) is 4.90. The van der Waals surface area contributed by atoms with Crippen molar-refractivity contribution in [2.75, 3.05) is 43.3 Å². The van der Waals surface area contributed by atoms with E-state index in [1.807, 2.05) is 30.5 Å². The SMILES string of the molecule is Cc1cc2cc(n1)-c1cnn(C)c1OCCOC(C)Cn1c(nc3ccc(N=S4(=O)CCOCC4)cc31)NC2=O. The van der Waals surface area contributed by atoms with Gasteiger partial charge in [-0.15, -0.1) is 0 Å². The highest BCUT2D eigenvalue weighted by molar-refractivity contribution is 7.93. The Morgan fingerprint density at radius 1 is 1.10 bits per heavy atom. The highest BCUT2D eigenvalue weighted by atomic mass is 32.2. The van der Waals surface area contributed by atoms with E-state index in [1.54, 1.807) is 36.1 Å². The molecule has 5 heterocycles. The van der Waals surface area contributed by atoms with Gasteiger partial charge in [0.05, 0.1) is 87.9 Å². The van der Waals surface area contributed by atoms with E-state index in [2.05, 4.69) is 19.8 Å². The maximum absolute atomic E-state index is 13.5. The lowest BCUT2D eigenvalue weighted by Crippen LogP contribution is -2.25. The van der Waals surface area contributed by atoms with E-state index >= 15 is 0 Å². The van der Waals surface area contributed by atoms with Gasteiger partial charge in [-0.2, -0.15) is 9.46 Å². The molecule has 1 unspecified atom stereocenters. The van der Waals surface area contributed by atoms with Crippen molar-refractivity contribution in [3.05, 3.63) is 47.8 Å². The molecule has 1 aromatic carbocycles. The number of nitrogens with one attached hydrogen (secondary N) is 1. The van der Waals surface area contributed by atoms with E-state index in [0.717, 1.165) is 5.52 Å². The predicted molar refractivity (Wildman–Crippen MR) is 151 cm³/mol. The van der Waals surface area contributed by atoms with Crippen LogP contribution in [0.4, 0.5) is 11.6 Å². The summed E-state index contributed by atoms with van der Waals surface area (Å²) in [6, 6.07) is 8.95. The van der Waals surface area contributed by atoms with Crippen LogP contribution in [-0.2, 0) is 32.8 Å². The average Bonchev–Trinajstić information content (AvgIpc) is 3.45. The Morgan fingerprint density at radius 2 is 1.93 bits per heavy atom. The van der Waals surface area contributed by atoms with Gasteiger partial charge in [-0.05, 0) is 44.2 Å². The molecule has 13 heteroatoms. The number of aryl methyl sites for hydroxylation is 2. The second kappa shape index (κ2) is 10.6. The number of aromatic nitrogens is 5. The van der Waals surface area contributed by atoms with Crippen molar-refractivity contribution in [2.24, 2.45) is 11.4 Å². The van der Waals surface area contributed by atoms with Crippen LogP contribution in [0, 0.1) is 6.92 Å². The molecule has 4 aromatic rings. The van der Waals surface area contributed by atoms with Crippen LogP contribution >= 0.6 is 0 Å². The first-order valence-corrected chi connectivity index (χ1v) is 15.0. The van der Waals surface area contributed by atoms with E-state index < -0.39 is 9.73 Å². The Hall–Kier alpha value is -3.81. The van der Waals surface area contributed by atoms with Crippen molar-refractivity contribution in [3.63, 3.8) is 0 Å². The quantitative estimate of drug-likeness (QED) is 0.371. The summed E-state index contributed by atoms with van der Waals surface area (Å²) >= 11 is 0. The zero-order chi connectivity index (χ0) is 27.9. The molecule has 1 amide bonds. The molecule has 2 aliphatic rings. The van der Waals surface area contributed by atoms with Gasteiger partial charge >= 0.3 is 0 Å². The molecular weight excluding hydrogens is 534 g/mol. The zero-order valence-corrected chi connectivity index (χ0v) is 23.4. The Kier molecular flexibility index (Phi) is 7.02. The summed E-state index contributed by atoms with van der Waals surface area (Å²) in [4.78, 5) is 22.9. The number of hydrogen-bond acceptors (Lipinski definition) is 9. The molecule has 210 valence electrons. The maximum atomic E-state index is 13.5. The van der Waals surface area contributed by atoms with Crippen molar-refractivity contribution in [1.82, 2.24) is 24.3 Å². The molecule has 2 bridgehead atoms. The number of anilines is 1. The monoisotopic (exact) mass is 565 g/mol. The summed E-state index contributed by atoms with van der Waals surface area (Å²) in [6.07, 6.45) is 1.45. The highest BCUT2D eigenvalue weighted by Gasteiger charge is 2.21. The Morgan fingerprint density at radius 3 is 2.75 bits per heavy atom. The van der Waals surface area contributed by atoms with Crippen molar-refractivity contribution in [2.45, 2.75) is 26.5 Å². The fraction of sp³-hybridized carbons (Fsp3) is 0.407. The van der Waals surface area contributed by atoms with Crippen LogP contribution in [0.15, 0.2) is 40.9 Å². The number of rotatable bonds is 1. The van der Waals surface area contributed by atoms with E-state index in [9.17, 15) is 9.00 Å². The van der Waals surface area contributed by atoms with Gasteiger partial charge in [0.25, 0.3) is 5.91 Å². The number of benzene rings is 1. The summed E-state index contributed by atoms with van der Waals surface area (Å²) in [5, 5.41) is 7.31. The minimum absolute atomic E-state index is 0.231. The smallest absolute Gasteiger partial charge is 0.258 e. The molecule has 40 heavy (non-hydrogen) atoms. The second-order valence-electron chi connectivity index (χ2n) is 9.96. The van der Waals surface area contributed by atoms with Crippen LogP contribution in [0.3, 0.4) is 0 Å². The number of pyridine rings is 1. The first-order valence-electron chi connectivity index (χ1n) is 13.2. The summed E-state index contributed by atoms with van der Waals surface area (Å²) in [6.45, 7) is 5.74. The van der Waals surface area contributed by atoms with E-state index in [-0.39, 0.29) is 12.0 Å². The number of amides is 1. The van der Waals surface area contributed by atoms with Gasteiger partial charge < -0.3 is 18.8 Å². The molecule has 0 radical (unpaired) electrons. The summed E-state index contributed by atoms with van der Waals surface area (Å²) in [5.41, 5.74) is 4.43. The molecule has 2 aliphatic heterocycles. The van der Waals surface area contributed by atoms with Crippen LogP contribution in [0.25, 0.3) is 22.3 Å². The Balaban J connectivity index is 1.43. The van der Waals surface area contributed by atoms with Gasteiger partial charge in [0.2, 0.25) is 11.8 Å². The molecule has 1 fully saturated rings. The Bertz CT molecular complexity index is 1710. The Labute approximate surface area is 231 Å². The van der Waals surface area contributed by atoms with Crippen molar-refractivity contribution >= 4 is 38.3 Å². The number of imidazole rings is 1. The third-order valence-corrected chi connectivity index (χ3v) is 9.01. The fourth-order valence-corrected chi connectivity index (χ4v) is 6.54. The summed E-state index contributed by atoms with van der Waals surface area (Å²) in [5.74, 6) is 1.42. The number of fused-ring (bicyclic) bond motifs is 7. The maximum Gasteiger partial charge on any atom is 0.258 e. The van der Waals surface area contributed by atoms with Crippen molar-refractivity contribution in [1.29, 1.82) is 0 Å². The average molecular weight is 566 g/mol. The predicted octanol–water partition coefficient (Wildman–Crippen LogP) is 3.32. The lowest BCUT2D eigenvalue weighted by Gasteiger charge is -2.17. The van der Waals surface area contributed by atoms with Crippen LogP contribution in [-0.4, -0.2) is 78.5 Å². The van der Waals surface area contributed by atoms with Crippen LogP contribution < -0.4 is 10.1 Å². The molecule has 3 aromatic heterocycles. The lowest BCUT2D eigenvalue weighted by molar-refractivity contribution is 0.0344. The van der Waals surface area contributed by atoms with Gasteiger partial charge in [-0.1, -0.05) is 0 Å². The highest BCUT2D eigenvalue weighted by Crippen LogP contribution is 2.31. The molecule has 1 N–H and O–H groups in total. The van der Waals surface area contributed by atoms with Gasteiger partial charge in [-0.25, -0.2) is 13.9 Å². The number of ether oxygens (including phenoxy) is 3. The van der Waals surface area contributed by atoms with E-state index in [1.165, 1.54) is 0 Å². The van der Waals surface area contributed by atoms with Crippen LogP contribution in [0.5, 0.6) is 5.88 Å². The molecule has 1 atom stereocenters. The minimum atomic E-state index is -2.38. The lowest BCUT2D eigenvalue weighted by atomic mass is 10.1. The molecule has 0 aliphatic carbocycles. The summed E-state index contributed by atoms with van der Waals surface area (Å²) < 4.78 is 38.8. The van der Waals surface area contributed by atoms with Gasteiger partial charge in [-0.3, -0.25) is 15.1 Å². The van der Waals surface area contributed by atoms with Crippen LogP contribution in [0.2, 0.25) is 0 Å². The molecule has 6 rings (SSSR count). The standard InChI is InChI=1S/C27H31N7O5S/c1-17-12-19-13-23(29-17)21-15-28-33(3)26(21)39-7-6-38-18(2)16-34-24-14-20(32-40(36)10-8-37-9-11-40)4-5-22(24)30-27(34)31-25(19)35/h4-5,12-15,18H,6-11,16H2,1-3H3,(H,30,31,35). The van der Waals surface area contributed by atoms with E-state index in [0.29, 0.717) is 90.0 Å². The number of hydrogen-bond donors (Lipinski definition) is 1. The first-order chi connectivity index (χ1) is 19.3. The zero-order valence-electron chi connectivity index (χ0n) is 22.6. The molecule has 0 saturated carbocycles. The third-order valence-electron chi connectivity index (χ3n) is 6.86. The second-order valence-corrected chi connectivity index (χ2v) is 12.5. The first kappa shape index (κ1) is 26.4. The normalized spacial score (nSPS) is 19.5. The number of carbonyl (C=O) groups excluding carboxylic acids is 1. The molecule has 0 spiro atoms. The molecule has 12 nitrogen and oxygen atoms in total. The van der Waals surface area contributed by atoms with Gasteiger partial charge in [0, 0.05) is 18.3 Å². The van der Waals surface area contributed by atoms with E-state index in [4.69, 9.17) is 19.2 Å². The van der Waals surface area contributed by atoms with Crippen molar-refractivity contribution < 1.29 is 23.2 Å². The molecular formula is C27H31N7O5S. The number of nitrogens with zero attached hydrogens (tertiary/aromatic N) is 6. The summed E-state index contributed by atoms with van der Waals surface area (Å²) in [7, 11) is -0.590. The van der Waals surface area contributed by atoms with Gasteiger partial charge in [0.1, 0.15) is 6.61 Å². The molecule has 1 saturated heterocycles.